The Balaban J connectivity index is 2.06. The zero-order valence-electron chi connectivity index (χ0n) is 10.4. The standard InChI is InChI=1S/C12H18ClNO2S2/c1-2-14-11(12-10(13)3-5-17-12)7-9-4-6-18(15,16)8-9/h3,5,9,11,14H,2,4,6-8H2,1H3. The number of rotatable bonds is 5. The van der Waals surface area contributed by atoms with E-state index in [0.29, 0.717) is 11.5 Å². The highest BCUT2D eigenvalue weighted by molar-refractivity contribution is 7.91. The van der Waals surface area contributed by atoms with Crippen LogP contribution >= 0.6 is 22.9 Å². The molecule has 3 nitrogen and oxygen atoms in total. The molecule has 0 aliphatic carbocycles. The fourth-order valence-corrected chi connectivity index (χ4v) is 5.63. The van der Waals surface area contributed by atoms with Crippen LogP contribution in [-0.4, -0.2) is 26.5 Å². The van der Waals surface area contributed by atoms with Crippen molar-refractivity contribution in [1.29, 1.82) is 0 Å². The van der Waals surface area contributed by atoms with Gasteiger partial charge in [0.2, 0.25) is 0 Å². The zero-order valence-corrected chi connectivity index (χ0v) is 12.7. The second-order valence-corrected chi connectivity index (χ2v) is 8.33. The maximum atomic E-state index is 11.5. The number of thiophene rings is 1. The molecule has 1 aliphatic heterocycles. The fraction of sp³-hybridized carbons (Fsp3) is 0.667. The van der Waals surface area contributed by atoms with E-state index in [0.717, 1.165) is 29.3 Å². The monoisotopic (exact) mass is 307 g/mol. The molecule has 0 aromatic carbocycles. The molecular formula is C12H18ClNO2S2. The molecule has 1 aromatic rings. The van der Waals surface area contributed by atoms with E-state index in [-0.39, 0.29) is 12.0 Å². The molecule has 18 heavy (non-hydrogen) atoms. The molecule has 0 spiro atoms. The Morgan fingerprint density at radius 2 is 2.39 bits per heavy atom. The van der Waals surface area contributed by atoms with Crippen LogP contribution in [0, 0.1) is 5.92 Å². The van der Waals surface area contributed by atoms with Crippen molar-refractivity contribution in [2.75, 3.05) is 18.1 Å². The van der Waals surface area contributed by atoms with Gasteiger partial charge in [-0.3, -0.25) is 0 Å². The molecule has 0 bridgehead atoms. The van der Waals surface area contributed by atoms with E-state index < -0.39 is 9.84 Å². The summed E-state index contributed by atoms with van der Waals surface area (Å²) in [6.07, 6.45) is 1.64. The molecule has 2 unspecified atom stereocenters. The summed E-state index contributed by atoms with van der Waals surface area (Å²) in [4.78, 5) is 1.13. The van der Waals surface area contributed by atoms with E-state index in [1.165, 1.54) is 0 Å². The van der Waals surface area contributed by atoms with Gasteiger partial charge in [-0.15, -0.1) is 11.3 Å². The largest absolute Gasteiger partial charge is 0.309 e. The summed E-state index contributed by atoms with van der Waals surface area (Å²) in [6.45, 7) is 2.91. The Kier molecular flexibility index (Phi) is 4.69. The Bertz CT molecular complexity index is 498. The molecule has 1 aliphatic rings. The predicted octanol–water partition coefficient (Wildman–Crippen LogP) is 2.88. The third-order valence-electron chi connectivity index (χ3n) is 3.31. The van der Waals surface area contributed by atoms with E-state index in [2.05, 4.69) is 12.2 Å². The van der Waals surface area contributed by atoms with Gasteiger partial charge in [-0.05, 0) is 36.8 Å². The fourth-order valence-electron chi connectivity index (χ4n) is 2.47. The van der Waals surface area contributed by atoms with Gasteiger partial charge in [0.15, 0.2) is 9.84 Å². The van der Waals surface area contributed by atoms with E-state index >= 15 is 0 Å². The van der Waals surface area contributed by atoms with Crippen molar-refractivity contribution in [3.8, 4) is 0 Å². The zero-order chi connectivity index (χ0) is 13.2. The smallest absolute Gasteiger partial charge is 0.150 e. The minimum absolute atomic E-state index is 0.181. The van der Waals surface area contributed by atoms with Crippen LogP contribution in [0.2, 0.25) is 5.02 Å². The van der Waals surface area contributed by atoms with Gasteiger partial charge < -0.3 is 5.32 Å². The molecule has 1 saturated heterocycles. The van der Waals surface area contributed by atoms with Crippen molar-refractivity contribution in [1.82, 2.24) is 5.32 Å². The molecule has 1 N–H and O–H groups in total. The van der Waals surface area contributed by atoms with Crippen LogP contribution in [-0.2, 0) is 9.84 Å². The highest BCUT2D eigenvalue weighted by atomic mass is 35.5. The van der Waals surface area contributed by atoms with E-state index in [1.807, 2.05) is 11.4 Å². The topological polar surface area (TPSA) is 46.2 Å². The second kappa shape index (κ2) is 5.90. The van der Waals surface area contributed by atoms with Gasteiger partial charge in [-0.1, -0.05) is 18.5 Å². The molecule has 0 amide bonds. The molecular weight excluding hydrogens is 290 g/mol. The van der Waals surface area contributed by atoms with Crippen molar-refractivity contribution < 1.29 is 8.42 Å². The summed E-state index contributed by atoms with van der Waals surface area (Å²) in [5.74, 6) is 0.934. The minimum atomic E-state index is -2.79. The molecule has 2 atom stereocenters. The summed E-state index contributed by atoms with van der Waals surface area (Å²) in [5, 5.41) is 6.17. The summed E-state index contributed by atoms with van der Waals surface area (Å²) in [7, 11) is -2.79. The maximum absolute atomic E-state index is 11.5. The number of sulfone groups is 1. The summed E-state index contributed by atoms with van der Waals surface area (Å²) in [5.41, 5.74) is 0. The molecule has 1 aromatic heterocycles. The van der Waals surface area contributed by atoms with Gasteiger partial charge in [-0.2, -0.15) is 0 Å². The molecule has 0 radical (unpaired) electrons. The molecule has 1 fully saturated rings. The molecule has 2 rings (SSSR count). The first-order valence-electron chi connectivity index (χ1n) is 6.18. The first kappa shape index (κ1) is 14.3. The third kappa shape index (κ3) is 3.47. The van der Waals surface area contributed by atoms with Crippen LogP contribution in [0.25, 0.3) is 0 Å². The SMILES string of the molecule is CCNC(CC1CCS(=O)(=O)C1)c1sccc1Cl. The third-order valence-corrected chi connectivity index (χ3v) is 6.62. The average Bonchev–Trinajstić information content (AvgIpc) is 2.84. The van der Waals surface area contributed by atoms with E-state index in [1.54, 1.807) is 11.3 Å². The lowest BCUT2D eigenvalue weighted by molar-refractivity contribution is 0.426. The predicted molar refractivity (Wildman–Crippen MR) is 77.1 cm³/mol. The molecule has 102 valence electrons. The lowest BCUT2D eigenvalue weighted by atomic mass is 9.98. The summed E-state index contributed by atoms with van der Waals surface area (Å²) in [6, 6.07) is 2.08. The quantitative estimate of drug-likeness (QED) is 0.910. The van der Waals surface area contributed by atoms with Gasteiger partial charge in [0.1, 0.15) is 0 Å². The van der Waals surface area contributed by atoms with E-state index in [4.69, 9.17) is 11.6 Å². The summed E-state index contributed by atoms with van der Waals surface area (Å²) < 4.78 is 23.0. The van der Waals surface area contributed by atoms with Crippen molar-refractivity contribution in [2.24, 2.45) is 5.92 Å². The average molecular weight is 308 g/mol. The van der Waals surface area contributed by atoms with Gasteiger partial charge in [-0.25, -0.2) is 8.42 Å². The van der Waals surface area contributed by atoms with Crippen LogP contribution in [0.1, 0.15) is 30.7 Å². The highest BCUT2D eigenvalue weighted by Gasteiger charge is 2.30. The van der Waals surface area contributed by atoms with Crippen molar-refractivity contribution in [3.63, 3.8) is 0 Å². The van der Waals surface area contributed by atoms with Crippen LogP contribution in [0.15, 0.2) is 11.4 Å². The lowest BCUT2D eigenvalue weighted by Crippen LogP contribution is -2.23. The van der Waals surface area contributed by atoms with Gasteiger partial charge >= 0.3 is 0 Å². The van der Waals surface area contributed by atoms with Crippen LogP contribution in [0.3, 0.4) is 0 Å². The molecule has 6 heteroatoms. The lowest BCUT2D eigenvalue weighted by Gasteiger charge is -2.20. The Labute approximate surface area is 117 Å². The van der Waals surface area contributed by atoms with Crippen molar-refractivity contribution >= 4 is 32.8 Å². The number of hydrogen-bond acceptors (Lipinski definition) is 4. The number of hydrogen-bond donors (Lipinski definition) is 1. The van der Waals surface area contributed by atoms with Crippen molar-refractivity contribution in [2.45, 2.75) is 25.8 Å². The first-order valence-corrected chi connectivity index (χ1v) is 9.26. The van der Waals surface area contributed by atoms with Crippen LogP contribution < -0.4 is 5.32 Å². The minimum Gasteiger partial charge on any atom is -0.309 e. The molecule has 0 saturated carbocycles. The molecule has 2 heterocycles. The number of halogens is 1. The normalized spacial score (nSPS) is 24.2. The number of nitrogens with one attached hydrogen (secondary N) is 1. The second-order valence-electron chi connectivity index (χ2n) is 4.75. The summed E-state index contributed by atoms with van der Waals surface area (Å²) >= 11 is 7.80. The first-order chi connectivity index (χ1) is 8.52. The van der Waals surface area contributed by atoms with Crippen molar-refractivity contribution in [3.05, 3.63) is 21.3 Å². The van der Waals surface area contributed by atoms with Gasteiger partial charge in [0.05, 0.1) is 16.5 Å². The van der Waals surface area contributed by atoms with Gasteiger partial charge in [0, 0.05) is 10.9 Å². The van der Waals surface area contributed by atoms with Crippen LogP contribution in [0.5, 0.6) is 0 Å². The Hall–Kier alpha value is -0.100. The Morgan fingerprint density at radius 3 is 2.89 bits per heavy atom. The maximum Gasteiger partial charge on any atom is 0.150 e. The van der Waals surface area contributed by atoms with Crippen LogP contribution in [0.4, 0.5) is 0 Å². The van der Waals surface area contributed by atoms with E-state index in [9.17, 15) is 8.42 Å². The highest BCUT2D eigenvalue weighted by Crippen LogP contribution is 2.35. The Morgan fingerprint density at radius 1 is 1.61 bits per heavy atom. The van der Waals surface area contributed by atoms with Gasteiger partial charge in [0.25, 0.3) is 0 Å².